The molecule has 2 rings (SSSR count). The topological polar surface area (TPSA) is 99.1 Å². The number of urea groups is 1. The maximum atomic E-state index is 12.1. The maximum Gasteiger partial charge on any atom is 0.326 e. The molecule has 0 bridgehead atoms. The Morgan fingerprint density at radius 3 is 2.81 bits per heavy atom. The summed E-state index contributed by atoms with van der Waals surface area (Å²) in [7, 11) is 1.54. The SMILES string of the molecule is COc1ccccc1CNC(=O)N1C[C@H](O)C[C@H]1C(=O)O. The number of nitrogens with one attached hydrogen (secondary N) is 1. The van der Waals surface area contributed by atoms with Crippen LogP contribution in [0.5, 0.6) is 5.75 Å². The normalized spacial score (nSPS) is 21.1. The van der Waals surface area contributed by atoms with Gasteiger partial charge in [0.25, 0.3) is 0 Å². The highest BCUT2D eigenvalue weighted by molar-refractivity contribution is 5.83. The van der Waals surface area contributed by atoms with Crippen LogP contribution < -0.4 is 10.1 Å². The fourth-order valence-corrected chi connectivity index (χ4v) is 2.39. The average Bonchev–Trinajstić information content (AvgIpc) is 2.87. The molecule has 1 aliphatic rings. The molecular weight excluding hydrogens is 276 g/mol. The van der Waals surface area contributed by atoms with Crippen molar-refractivity contribution in [3.63, 3.8) is 0 Å². The highest BCUT2D eigenvalue weighted by Crippen LogP contribution is 2.20. The van der Waals surface area contributed by atoms with Crippen LogP contribution in [0, 0.1) is 0 Å². The zero-order chi connectivity index (χ0) is 15.4. The van der Waals surface area contributed by atoms with Crippen LogP contribution in [0.15, 0.2) is 24.3 Å². The summed E-state index contributed by atoms with van der Waals surface area (Å²) in [6, 6.07) is 5.74. The largest absolute Gasteiger partial charge is 0.496 e. The average molecular weight is 294 g/mol. The van der Waals surface area contributed by atoms with E-state index in [0.29, 0.717) is 5.75 Å². The lowest BCUT2D eigenvalue weighted by Gasteiger charge is -2.21. The van der Waals surface area contributed by atoms with Gasteiger partial charge in [-0.15, -0.1) is 0 Å². The van der Waals surface area contributed by atoms with Gasteiger partial charge in [-0.05, 0) is 6.07 Å². The monoisotopic (exact) mass is 294 g/mol. The molecule has 0 saturated carbocycles. The molecule has 1 heterocycles. The Balaban J connectivity index is 2.00. The van der Waals surface area contributed by atoms with Crippen molar-refractivity contribution in [3.8, 4) is 5.75 Å². The summed E-state index contributed by atoms with van der Waals surface area (Å²) in [6.45, 7) is 0.247. The van der Waals surface area contributed by atoms with Crippen molar-refractivity contribution in [2.24, 2.45) is 0 Å². The number of carbonyl (C=O) groups excluding carboxylic acids is 1. The number of benzene rings is 1. The number of amides is 2. The number of aliphatic carboxylic acids is 1. The number of hydrogen-bond donors (Lipinski definition) is 3. The first-order valence-corrected chi connectivity index (χ1v) is 6.60. The summed E-state index contributed by atoms with van der Waals surface area (Å²) in [5.74, 6) is -0.465. The molecule has 1 aromatic rings. The van der Waals surface area contributed by atoms with Crippen LogP contribution in [0.2, 0.25) is 0 Å². The van der Waals surface area contributed by atoms with Crippen molar-refractivity contribution in [1.82, 2.24) is 10.2 Å². The molecule has 3 N–H and O–H groups in total. The van der Waals surface area contributed by atoms with Crippen LogP contribution in [-0.4, -0.2) is 52.9 Å². The molecule has 7 heteroatoms. The molecular formula is C14H18N2O5. The molecule has 0 spiro atoms. The molecule has 114 valence electrons. The second kappa shape index (κ2) is 6.45. The molecule has 1 saturated heterocycles. The number of carboxylic acids is 1. The number of ether oxygens (including phenoxy) is 1. The first-order chi connectivity index (χ1) is 10.0. The predicted octanol–water partition coefficient (Wildman–Crippen LogP) is 0.425. The summed E-state index contributed by atoms with van der Waals surface area (Å²) >= 11 is 0. The molecule has 1 aromatic carbocycles. The molecule has 0 aromatic heterocycles. The molecule has 21 heavy (non-hydrogen) atoms. The molecule has 1 fully saturated rings. The number of likely N-dealkylation sites (tertiary alicyclic amines) is 1. The highest BCUT2D eigenvalue weighted by atomic mass is 16.5. The number of para-hydroxylation sites is 1. The fraction of sp³-hybridized carbons (Fsp3) is 0.429. The molecule has 0 radical (unpaired) electrons. The lowest BCUT2D eigenvalue weighted by molar-refractivity contribution is -0.141. The Morgan fingerprint density at radius 2 is 2.14 bits per heavy atom. The molecule has 0 unspecified atom stereocenters. The van der Waals surface area contributed by atoms with Crippen molar-refractivity contribution in [2.45, 2.75) is 25.1 Å². The third-order valence-corrected chi connectivity index (χ3v) is 3.45. The van der Waals surface area contributed by atoms with Crippen molar-refractivity contribution in [1.29, 1.82) is 0 Å². The Labute approximate surface area is 122 Å². The van der Waals surface area contributed by atoms with Crippen molar-refractivity contribution < 1.29 is 24.5 Å². The summed E-state index contributed by atoms with van der Waals surface area (Å²) in [4.78, 5) is 24.3. The minimum absolute atomic E-state index is 0.0225. The van der Waals surface area contributed by atoms with Crippen molar-refractivity contribution >= 4 is 12.0 Å². The second-order valence-corrected chi connectivity index (χ2v) is 4.87. The van der Waals surface area contributed by atoms with E-state index in [-0.39, 0.29) is 19.5 Å². The Kier molecular flexibility index (Phi) is 4.64. The lowest BCUT2D eigenvalue weighted by Crippen LogP contribution is -2.45. The highest BCUT2D eigenvalue weighted by Gasteiger charge is 2.38. The molecule has 7 nitrogen and oxygen atoms in total. The van der Waals surface area contributed by atoms with E-state index < -0.39 is 24.1 Å². The van der Waals surface area contributed by atoms with E-state index in [2.05, 4.69) is 5.32 Å². The lowest BCUT2D eigenvalue weighted by atomic mass is 10.2. The van der Waals surface area contributed by atoms with Gasteiger partial charge in [-0.25, -0.2) is 9.59 Å². The van der Waals surface area contributed by atoms with E-state index in [1.165, 1.54) is 7.11 Å². The van der Waals surface area contributed by atoms with Gasteiger partial charge in [0.05, 0.1) is 13.2 Å². The van der Waals surface area contributed by atoms with E-state index in [4.69, 9.17) is 9.84 Å². The summed E-state index contributed by atoms with van der Waals surface area (Å²) in [5.41, 5.74) is 0.792. The third kappa shape index (κ3) is 3.43. The quantitative estimate of drug-likeness (QED) is 0.747. The van der Waals surface area contributed by atoms with Crippen LogP contribution in [0.1, 0.15) is 12.0 Å². The maximum absolute atomic E-state index is 12.1. The van der Waals surface area contributed by atoms with Crippen LogP contribution in [0.3, 0.4) is 0 Å². The number of nitrogens with zero attached hydrogens (tertiary/aromatic N) is 1. The van der Waals surface area contributed by atoms with Crippen LogP contribution in [-0.2, 0) is 11.3 Å². The zero-order valence-corrected chi connectivity index (χ0v) is 11.7. The number of carboxylic acid groups (broad SMARTS) is 1. The van der Waals surface area contributed by atoms with Gasteiger partial charge in [0.15, 0.2) is 0 Å². The van der Waals surface area contributed by atoms with Crippen LogP contribution >= 0.6 is 0 Å². The van der Waals surface area contributed by atoms with Gasteiger partial charge in [0, 0.05) is 25.1 Å². The van der Waals surface area contributed by atoms with Crippen molar-refractivity contribution in [2.75, 3.05) is 13.7 Å². The van der Waals surface area contributed by atoms with E-state index in [9.17, 15) is 14.7 Å². The zero-order valence-electron chi connectivity index (χ0n) is 11.7. The second-order valence-electron chi connectivity index (χ2n) is 4.87. The number of hydrogen-bond acceptors (Lipinski definition) is 4. The fourth-order valence-electron chi connectivity index (χ4n) is 2.39. The summed E-state index contributed by atoms with van der Waals surface area (Å²) in [5, 5.41) is 21.2. The van der Waals surface area contributed by atoms with E-state index in [1.807, 2.05) is 18.2 Å². The first-order valence-electron chi connectivity index (χ1n) is 6.60. The smallest absolute Gasteiger partial charge is 0.326 e. The molecule has 2 amide bonds. The van der Waals surface area contributed by atoms with Gasteiger partial charge in [-0.2, -0.15) is 0 Å². The van der Waals surface area contributed by atoms with Gasteiger partial charge >= 0.3 is 12.0 Å². The number of carbonyl (C=O) groups is 2. The van der Waals surface area contributed by atoms with Crippen molar-refractivity contribution in [3.05, 3.63) is 29.8 Å². The van der Waals surface area contributed by atoms with Gasteiger partial charge < -0.3 is 25.2 Å². The minimum Gasteiger partial charge on any atom is -0.496 e. The number of methoxy groups -OCH3 is 1. The van der Waals surface area contributed by atoms with E-state index >= 15 is 0 Å². The summed E-state index contributed by atoms with van der Waals surface area (Å²) in [6.07, 6.45) is -0.750. The molecule has 0 aliphatic carbocycles. The number of β-amino-alcohol motifs (C(OH)–C–C–N with tert-alkyl or cyclic N) is 1. The van der Waals surface area contributed by atoms with E-state index in [1.54, 1.807) is 6.07 Å². The standard InChI is InChI=1S/C14H18N2O5/c1-21-12-5-3-2-4-9(12)7-15-14(20)16-8-10(17)6-11(16)13(18)19/h2-5,10-11,17H,6-8H2,1H3,(H,15,20)(H,18,19)/t10-,11+/m1/s1. The Hall–Kier alpha value is -2.28. The Bertz CT molecular complexity index is 534. The molecule has 1 aliphatic heterocycles. The number of aliphatic hydroxyl groups is 1. The van der Waals surface area contributed by atoms with E-state index in [0.717, 1.165) is 10.5 Å². The summed E-state index contributed by atoms with van der Waals surface area (Å²) < 4.78 is 5.18. The Morgan fingerprint density at radius 1 is 1.43 bits per heavy atom. The number of aliphatic hydroxyl groups excluding tert-OH is 1. The van der Waals surface area contributed by atoms with Gasteiger partial charge in [-0.1, -0.05) is 18.2 Å². The third-order valence-electron chi connectivity index (χ3n) is 3.45. The first kappa shape index (κ1) is 15.1. The molecule has 2 atom stereocenters. The van der Waals surface area contributed by atoms with Gasteiger partial charge in [0.2, 0.25) is 0 Å². The predicted molar refractivity (Wildman–Crippen MR) is 74.0 cm³/mol. The number of rotatable bonds is 4. The minimum atomic E-state index is -1.11. The van der Waals surface area contributed by atoms with Gasteiger partial charge in [0.1, 0.15) is 11.8 Å². The van der Waals surface area contributed by atoms with Crippen LogP contribution in [0.25, 0.3) is 0 Å². The van der Waals surface area contributed by atoms with Gasteiger partial charge in [-0.3, -0.25) is 0 Å². The van der Waals surface area contributed by atoms with Crippen LogP contribution in [0.4, 0.5) is 4.79 Å².